The smallest absolute Gasteiger partial charge is 0.320 e. The van der Waals surface area contributed by atoms with E-state index in [2.05, 4.69) is 21.2 Å². The lowest BCUT2D eigenvalue weighted by atomic mass is 10.1. The van der Waals surface area contributed by atoms with Crippen molar-refractivity contribution in [2.24, 2.45) is 5.73 Å². The topological polar surface area (TPSA) is 92.4 Å². The monoisotopic (exact) mass is 328 g/mol. The standard InChI is InChI=1S/C13H17BrN2O3/c14-6-2-5-12(17)16-10-4-1-3-9(7-10)8-11(15)13(18)19/h1,3-4,7,11H,2,5-6,8,15H2,(H,16,17)(H,18,19)/t11-/m0/s1. The highest BCUT2D eigenvalue weighted by Crippen LogP contribution is 2.13. The van der Waals surface area contributed by atoms with Crippen molar-refractivity contribution in [3.05, 3.63) is 29.8 Å². The van der Waals surface area contributed by atoms with Gasteiger partial charge in [-0.2, -0.15) is 0 Å². The Hall–Kier alpha value is -1.40. The Labute approximate surface area is 120 Å². The van der Waals surface area contributed by atoms with E-state index in [1.807, 2.05) is 0 Å². The van der Waals surface area contributed by atoms with Crippen molar-refractivity contribution in [2.75, 3.05) is 10.6 Å². The SMILES string of the molecule is N[C@@H](Cc1cccc(NC(=O)CCCBr)c1)C(=O)O. The average Bonchev–Trinajstić information content (AvgIpc) is 2.36. The number of nitrogens with one attached hydrogen (secondary N) is 1. The molecular formula is C13H17BrN2O3. The maximum Gasteiger partial charge on any atom is 0.320 e. The maximum atomic E-state index is 11.6. The van der Waals surface area contributed by atoms with Crippen LogP contribution in [-0.4, -0.2) is 28.4 Å². The summed E-state index contributed by atoms with van der Waals surface area (Å²) in [5.74, 6) is -1.09. The minimum atomic E-state index is -1.04. The van der Waals surface area contributed by atoms with Gasteiger partial charge in [-0.05, 0) is 30.5 Å². The summed E-state index contributed by atoms with van der Waals surface area (Å²) in [7, 11) is 0. The Balaban J connectivity index is 2.61. The van der Waals surface area contributed by atoms with Crippen molar-refractivity contribution < 1.29 is 14.7 Å². The molecule has 0 fully saturated rings. The lowest BCUT2D eigenvalue weighted by Crippen LogP contribution is -2.32. The van der Waals surface area contributed by atoms with Crippen molar-refractivity contribution in [2.45, 2.75) is 25.3 Å². The Bertz CT molecular complexity index is 451. The number of carbonyl (C=O) groups excluding carboxylic acids is 1. The molecule has 19 heavy (non-hydrogen) atoms. The number of hydrogen-bond acceptors (Lipinski definition) is 3. The summed E-state index contributed by atoms with van der Waals surface area (Å²) >= 11 is 3.27. The van der Waals surface area contributed by atoms with Gasteiger partial charge in [0.05, 0.1) is 0 Å². The summed E-state index contributed by atoms with van der Waals surface area (Å²) in [6, 6.07) is 6.14. The van der Waals surface area contributed by atoms with E-state index in [1.165, 1.54) is 0 Å². The van der Waals surface area contributed by atoms with Crippen LogP contribution in [0.5, 0.6) is 0 Å². The van der Waals surface area contributed by atoms with E-state index in [9.17, 15) is 9.59 Å². The molecule has 0 radical (unpaired) electrons. The highest BCUT2D eigenvalue weighted by atomic mass is 79.9. The lowest BCUT2D eigenvalue weighted by molar-refractivity contribution is -0.138. The first-order chi connectivity index (χ1) is 9.02. The zero-order valence-electron chi connectivity index (χ0n) is 10.4. The van der Waals surface area contributed by atoms with Gasteiger partial charge in [0, 0.05) is 17.4 Å². The highest BCUT2D eigenvalue weighted by Gasteiger charge is 2.12. The molecule has 5 nitrogen and oxygen atoms in total. The Morgan fingerprint density at radius 2 is 2.16 bits per heavy atom. The normalized spacial score (nSPS) is 11.9. The van der Waals surface area contributed by atoms with E-state index in [4.69, 9.17) is 10.8 Å². The molecule has 1 rings (SSSR count). The zero-order valence-corrected chi connectivity index (χ0v) is 12.0. The summed E-state index contributed by atoms with van der Waals surface area (Å²) in [4.78, 5) is 22.2. The third kappa shape index (κ3) is 5.85. The Morgan fingerprint density at radius 1 is 1.42 bits per heavy atom. The predicted molar refractivity (Wildman–Crippen MR) is 77.4 cm³/mol. The predicted octanol–water partition coefficient (Wildman–Crippen LogP) is 1.75. The van der Waals surface area contributed by atoms with Gasteiger partial charge in [0.1, 0.15) is 6.04 Å². The molecule has 104 valence electrons. The van der Waals surface area contributed by atoms with Gasteiger partial charge >= 0.3 is 5.97 Å². The van der Waals surface area contributed by atoms with Crippen LogP contribution in [0.4, 0.5) is 5.69 Å². The molecular weight excluding hydrogens is 312 g/mol. The number of hydrogen-bond donors (Lipinski definition) is 3. The second-order valence-corrected chi connectivity index (χ2v) is 4.98. The summed E-state index contributed by atoms with van der Waals surface area (Å²) in [6.45, 7) is 0. The van der Waals surface area contributed by atoms with Crippen LogP contribution in [-0.2, 0) is 16.0 Å². The first-order valence-corrected chi connectivity index (χ1v) is 7.08. The van der Waals surface area contributed by atoms with E-state index in [0.717, 1.165) is 17.3 Å². The van der Waals surface area contributed by atoms with Crippen LogP contribution in [0.15, 0.2) is 24.3 Å². The summed E-state index contributed by atoms with van der Waals surface area (Å²) in [5, 5.41) is 12.3. The van der Waals surface area contributed by atoms with Crippen LogP contribution in [0.1, 0.15) is 18.4 Å². The number of nitrogens with two attached hydrogens (primary N) is 1. The van der Waals surface area contributed by atoms with E-state index in [-0.39, 0.29) is 12.3 Å². The van der Waals surface area contributed by atoms with Crippen molar-refractivity contribution in [3.63, 3.8) is 0 Å². The molecule has 1 atom stereocenters. The van der Waals surface area contributed by atoms with Crippen LogP contribution in [0, 0.1) is 0 Å². The zero-order chi connectivity index (χ0) is 14.3. The van der Waals surface area contributed by atoms with Crippen molar-refractivity contribution in [1.82, 2.24) is 0 Å². The third-order valence-electron chi connectivity index (χ3n) is 2.52. The number of aliphatic carboxylic acids is 1. The molecule has 0 spiro atoms. The Morgan fingerprint density at radius 3 is 2.79 bits per heavy atom. The first-order valence-electron chi connectivity index (χ1n) is 5.96. The van der Waals surface area contributed by atoms with Gasteiger partial charge in [0.15, 0.2) is 0 Å². The molecule has 0 aliphatic carbocycles. The number of benzene rings is 1. The van der Waals surface area contributed by atoms with E-state index >= 15 is 0 Å². The van der Waals surface area contributed by atoms with Crippen molar-refractivity contribution in [3.8, 4) is 0 Å². The highest BCUT2D eigenvalue weighted by molar-refractivity contribution is 9.09. The number of anilines is 1. The van der Waals surface area contributed by atoms with Crippen LogP contribution in [0.25, 0.3) is 0 Å². The van der Waals surface area contributed by atoms with Gasteiger partial charge < -0.3 is 16.2 Å². The Kier molecular flexibility index (Phi) is 6.52. The number of carboxylic acid groups (broad SMARTS) is 1. The van der Waals surface area contributed by atoms with E-state index in [1.54, 1.807) is 24.3 Å². The lowest BCUT2D eigenvalue weighted by Gasteiger charge is -2.09. The summed E-state index contributed by atoms with van der Waals surface area (Å²) in [6.07, 6.45) is 1.46. The number of alkyl halides is 1. The molecule has 0 heterocycles. The molecule has 6 heteroatoms. The molecule has 0 aliphatic rings. The molecule has 1 aromatic rings. The largest absolute Gasteiger partial charge is 0.480 e. The number of rotatable bonds is 7. The summed E-state index contributed by atoms with van der Waals surface area (Å²) in [5.41, 5.74) is 6.92. The van der Waals surface area contributed by atoms with Crippen molar-refractivity contribution in [1.29, 1.82) is 0 Å². The number of amides is 1. The quantitative estimate of drug-likeness (QED) is 0.665. The van der Waals surface area contributed by atoms with Gasteiger partial charge in [0.25, 0.3) is 0 Å². The van der Waals surface area contributed by atoms with Gasteiger partial charge in [-0.3, -0.25) is 9.59 Å². The minimum absolute atomic E-state index is 0.0564. The third-order valence-corrected chi connectivity index (χ3v) is 3.08. The fraction of sp³-hybridized carbons (Fsp3) is 0.385. The molecule has 0 saturated carbocycles. The van der Waals surface area contributed by atoms with Crippen molar-refractivity contribution >= 4 is 33.5 Å². The van der Waals surface area contributed by atoms with Gasteiger partial charge in [-0.1, -0.05) is 28.1 Å². The molecule has 0 bridgehead atoms. The van der Waals surface area contributed by atoms with Crippen LogP contribution < -0.4 is 11.1 Å². The molecule has 4 N–H and O–H groups in total. The fourth-order valence-electron chi connectivity index (χ4n) is 1.57. The molecule has 0 aliphatic heterocycles. The van der Waals surface area contributed by atoms with Gasteiger partial charge in [-0.25, -0.2) is 0 Å². The van der Waals surface area contributed by atoms with Crippen LogP contribution in [0.2, 0.25) is 0 Å². The number of carboxylic acids is 1. The van der Waals surface area contributed by atoms with Crippen LogP contribution >= 0.6 is 15.9 Å². The first kappa shape index (κ1) is 15.7. The molecule has 1 amide bonds. The van der Waals surface area contributed by atoms with Crippen LogP contribution in [0.3, 0.4) is 0 Å². The van der Waals surface area contributed by atoms with Gasteiger partial charge in [-0.15, -0.1) is 0 Å². The minimum Gasteiger partial charge on any atom is -0.480 e. The number of carbonyl (C=O) groups is 2. The summed E-state index contributed by atoms with van der Waals surface area (Å²) < 4.78 is 0. The second-order valence-electron chi connectivity index (χ2n) is 4.19. The van der Waals surface area contributed by atoms with E-state index < -0.39 is 12.0 Å². The second kappa shape index (κ2) is 7.91. The number of halogens is 1. The molecule has 0 aromatic heterocycles. The average molecular weight is 329 g/mol. The maximum absolute atomic E-state index is 11.6. The molecule has 1 aromatic carbocycles. The molecule has 0 saturated heterocycles. The molecule has 0 unspecified atom stereocenters. The van der Waals surface area contributed by atoms with E-state index in [0.29, 0.717) is 12.1 Å². The van der Waals surface area contributed by atoms with Gasteiger partial charge in [0.2, 0.25) is 5.91 Å². The fourth-order valence-corrected chi connectivity index (χ4v) is 1.85.